The summed E-state index contributed by atoms with van der Waals surface area (Å²) in [6.45, 7) is 0. The fourth-order valence-electron chi connectivity index (χ4n) is 1.92. The van der Waals surface area contributed by atoms with Crippen LogP contribution in [0.2, 0.25) is 0 Å². The molecule has 6 nitrogen and oxygen atoms in total. The summed E-state index contributed by atoms with van der Waals surface area (Å²) >= 11 is 0. The van der Waals surface area contributed by atoms with Crippen LogP contribution in [0.25, 0.3) is 0 Å². The average Bonchev–Trinajstić information content (AvgIpc) is 2.39. The van der Waals surface area contributed by atoms with E-state index in [1.165, 1.54) is 19.2 Å². The van der Waals surface area contributed by atoms with Gasteiger partial charge in [0.2, 0.25) is 11.7 Å². The first-order valence-corrected chi connectivity index (χ1v) is 5.81. The molecule has 96 valence electrons. The van der Waals surface area contributed by atoms with Gasteiger partial charge in [0.25, 0.3) is 0 Å². The molecule has 0 amide bonds. The van der Waals surface area contributed by atoms with Crippen LogP contribution in [0.15, 0.2) is 24.3 Å². The van der Waals surface area contributed by atoms with Crippen LogP contribution in [0.1, 0.15) is 19.3 Å². The number of nitrogens with zero attached hydrogens (tertiary/aromatic N) is 2. The van der Waals surface area contributed by atoms with E-state index in [1.54, 1.807) is 0 Å². The Labute approximate surface area is 105 Å². The molecule has 1 unspecified atom stereocenters. The fraction of sp³-hybridized carbons (Fsp3) is 0.417. The van der Waals surface area contributed by atoms with Gasteiger partial charge in [0, 0.05) is 18.2 Å². The molecular formula is C12H15N3O3. The molecule has 0 saturated carbocycles. The molecule has 18 heavy (non-hydrogen) atoms. The van der Waals surface area contributed by atoms with Crippen molar-refractivity contribution in [2.75, 3.05) is 12.4 Å². The third kappa shape index (κ3) is 2.77. The molecule has 1 aromatic heterocycles. The van der Waals surface area contributed by atoms with E-state index in [9.17, 15) is 10.1 Å². The van der Waals surface area contributed by atoms with Crippen LogP contribution in [0.4, 0.5) is 11.5 Å². The van der Waals surface area contributed by atoms with Crippen molar-refractivity contribution in [1.29, 1.82) is 0 Å². The average molecular weight is 249 g/mol. The van der Waals surface area contributed by atoms with Gasteiger partial charge in [-0.2, -0.15) is 4.98 Å². The number of pyridine rings is 1. The Balaban J connectivity index is 2.22. The molecule has 0 radical (unpaired) electrons. The summed E-state index contributed by atoms with van der Waals surface area (Å²) in [5.74, 6) is 0.647. The van der Waals surface area contributed by atoms with Crippen LogP contribution in [-0.2, 0) is 0 Å². The van der Waals surface area contributed by atoms with Gasteiger partial charge >= 0.3 is 5.69 Å². The summed E-state index contributed by atoms with van der Waals surface area (Å²) in [5, 5.41) is 14.1. The van der Waals surface area contributed by atoms with E-state index in [1.807, 2.05) is 0 Å². The smallest absolute Gasteiger partial charge is 0.311 e. The molecular weight excluding hydrogens is 234 g/mol. The summed E-state index contributed by atoms with van der Waals surface area (Å²) in [5.41, 5.74) is -0.0228. The number of methoxy groups -OCH3 is 1. The zero-order chi connectivity index (χ0) is 13.0. The van der Waals surface area contributed by atoms with E-state index in [4.69, 9.17) is 4.74 Å². The molecule has 1 heterocycles. The number of rotatable bonds is 4. The minimum Gasteiger partial charge on any atom is -0.481 e. The van der Waals surface area contributed by atoms with Gasteiger partial charge in [-0.25, -0.2) is 0 Å². The summed E-state index contributed by atoms with van der Waals surface area (Å²) in [6.07, 6.45) is 6.98. The largest absolute Gasteiger partial charge is 0.481 e. The van der Waals surface area contributed by atoms with Gasteiger partial charge < -0.3 is 10.1 Å². The second-order valence-electron chi connectivity index (χ2n) is 4.10. The molecule has 1 aromatic rings. The lowest BCUT2D eigenvalue weighted by molar-refractivity contribution is -0.384. The van der Waals surface area contributed by atoms with Crippen LogP contribution >= 0.6 is 0 Å². The molecule has 6 heteroatoms. The number of nitro groups is 1. The van der Waals surface area contributed by atoms with Crippen molar-refractivity contribution in [3.05, 3.63) is 34.4 Å². The van der Waals surface area contributed by atoms with E-state index >= 15 is 0 Å². The lowest BCUT2D eigenvalue weighted by Crippen LogP contribution is -2.21. The van der Waals surface area contributed by atoms with Crippen molar-refractivity contribution in [3.63, 3.8) is 0 Å². The monoisotopic (exact) mass is 249 g/mol. The van der Waals surface area contributed by atoms with Gasteiger partial charge in [-0.05, 0) is 19.3 Å². The highest BCUT2D eigenvalue weighted by Gasteiger charge is 2.19. The van der Waals surface area contributed by atoms with Gasteiger partial charge in [0.1, 0.15) is 0 Å². The quantitative estimate of drug-likeness (QED) is 0.504. The topological polar surface area (TPSA) is 77.3 Å². The molecule has 2 rings (SSSR count). The number of hydrogen-bond donors (Lipinski definition) is 1. The zero-order valence-electron chi connectivity index (χ0n) is 10.1. The van der Waals surface area contributed by atoms with Gasteiger partial charge in [-0.1, -0.05) is 12.2 Å². The lowest BCUT2D eigenvalue weighted by Gasteiger charge is -2.19. The summed E-state index contributed by atoms with van der Waals surface area (Å²) in [7, 11) is 1.49. The third-order valence-corrected chi connectivity index (χ3v) is 2.86. The first-order chi connectivity index (χ1) is 8.70. The van der Waals surface area contributed by atoms with Crippen molar-refractivity contribution in [2.45, 2.75) is 25.3 Å². The van der Waals surface area contributed by atoms with Crippen molar-refractivity contribution in [1.82, 2.24) is 4.98 Å². The Morgan fingerprint density at radius 2 is 2.33 bits per heavy atom. The third-order valence-electron chi connectivity index (χ3n) is 2.86. The molecule has 0 aromatic carbocycles. The summed E-state index contributed by atoms with van der Waals surface area (Å²) in [6, 6.07) is 3.09. The highest BCUT2D eigenvalue weighted by molar-refractivity contribution is 5.57. The minimum atomic E-state index is -0.437. The van der Waals surface area contributed by atoms with Crippen LogP contribution in [-0.4, -0.2) is 23.1 Å². The predicted molar refractivity (Wildman–Crippen MR) is 67.8 cm³/mol. The number of aromatic nitrogens is 1. The number of anilines is 1. The zero-order valence-corrected chi connectivity index (χ0v) is 10.1. The van der Waals surface area contributed by atoms with E-state index in [0.717, 1.165) is 19.3 Å². The Morgan fingerprint density at radius 3 is 2.94 bits per heavy atom. The molecule has 0 spiro atoms. The van der Waals surface area contributed by atoms with E-state index in [0.29, 0.717) is 5.88 Å². The molecule has 1 aliphatic carbocycles. The number of allylic oxidation sites excluding steroid dienone is 1. The SMILES string of the molecule is COc1ccc([N+](=O)[O-])c(NC2CC=CCC2)n1. The van der Waals surface area contributed by atoms with Crippen molar-refractivity contribution >= 4 is 11.5 Å². The van der Waals surface area contributed by atoms with E-state index in [2.05, 4.69) is 22.5 Å². The number of ether oxygens (including phenoxy) is 1. The Hall–Kier alpha value is -2.11. The summed E-state index contributed by atoms with van der Waals surface area (Å²) < 4.78 is 4.99. The maximum absolute atomic E-state index is 10.9. The second-order valence-corrected chi connectivity index (χ2v) is 4.10. The first kappa shape index (κ1) is 12.3. The molecule has 0 fully saturated rings. The van der Waals surface area contributed by atoms with Gasteiger partial charge in [0.15, 0.2) is 0 Å². The normalized spacial score (nSPS) is 18.4. The fourth-order valence-corrected chi connectivity index (χ4v) is 1.92. The number of nitrogens with one attached hydrogen (secondary N) is 1. The highest BCUT2D eigenvalue weighted by atomic mass is 16.6. The Bertz CT molecular complexity index is 474. The van der Waals surface area contributed by atoms with Crippen LogP contribution in [0.5, 0.6) is 5.88 Å². The summed E-state index contributed by atoms with van der Waals surface area (Å²) in [4.78, 5) is 14.6. The molecule has 0 aliphatic heterocycles. The first-order valence-electron chi connectivity index (χ1n) is 5.81. The van der Waals surface area contributed by atoms with E-state index in [-0.39, 0.29) is 17.5 Å². The van der Waals surface area contributed by atoms with E-state index < -0.39 is 4.92 Å². The Kier molecular flexibility index (Phi) is 3.76. The lowest BCUT2D eigenvalue weighted by atomic mass is 10.0. The molecule has 0 bridgehead atoms. The molecule has 1 aliphatic rings. The van der Waals surface area contributed by atoms with Gasteiger partial charge in [-0.3, -0.25) is 10.1 Å². The second kappa shape index (κ2) is 5.48. The van der Waals surface area contributed by atoms with Gasteiger partial charge in [-0.15, -0.1) is 0 Å². The minimum absolute atomic E-state index is 0.0228. The molecule has 1 atom stereocenters. The molecule has 0 saturated heterocycles. The van der Waals surface area contributed by atoms with Gasteiger partial charge in [0.05, 0.1) is 12.0 Å². The standard InChI is InChI=1S/C12H15N3O3/c1-18-11-8-7-10(15(16)17)12(14-11)13-9-5-3-2-4-6-9/h2-3,7-9H,4-6H2,1H3,(H,13,14). The van der Waals surface area contributed by atoms with Crippen molar-refractivity contribution < 1.29 is 9.66 Å². The van der Waals surface area contributed by atoms with Crippen LogP contribution < -0.4 is 10.1 Å². The highest BCUT2D eigenvalue weighted by Crippen LogP contribution is 2.27. The molecule has 1 N–H and O–H groups in total. The number of hydrogen-bond acceptors (Lipinski definition) is 5. The maximum atomic E-state index is 10.9. The van der Waals surface area contributed by atoms with Crippen LogP contribution in [0.3, 0.4) is 0 Å². The van der Waals surface area contributed by atoms with Crippen molar-refractivity contribution in [3.8, 4) is 5.88 Å². The van der Waals surface area contributed by atoms with Crippen LogP contribution in [0, 0.1) is 10.1 Å². The maximum Gasteiger partial charge on any atom is 0.311 e. The predicted octanol–water partition coefficient (Wildman–Crippen LogP) is 2.52. The van der Waals surface area contributed by atoms with Crippen molar-refractivity contribution in [2.24, 2.45) is 0 Å². The Morgan fingerprint density at radius 1 is 1.50 bits per heavy atom.